The molecule has 0 saturated carbocycles. The molecule has 0 spiro atoms. The third-order valence-corrected chi connectivity index (χ3v) is 5.77. The van der Waals surface area contributed by atoms with E-state index in [0.29, 0.717) is 12.1 Å². The highest BCUT2D eigenvalue weighted by molar-refractivity contribution is 5.97. The average molecular weight is 519 g/mol. The number of hydrogen-bond acceptors (Lipinski definition) is 6. The van der Waals surface area contributed by atoms with E-state index in [9.17, 15) is 19.5 Å². The summed E-state index contributed by atoms with van der Waals surface area (Å²) in [4.78, 5) is 38.3. The minimum Gasteiger partial charge on any atom is -0.391 e. The molecular weight excluding hydrogens is 484 g/mol. The third-order valence-electron chi connectivity index (χ3n) is 5.77. The Hall–Kier alpha value is -4.15. The Balaban J connectivity index is 0.00000507. The van der Waals surface area contributed by atoms with Crippen molar-refractivity contribution < 1.29 is 24.7 Å². The molecule has 2 aromatic carbocycles. The van der Waals surface area contributed by atoms with Crippen molar-refractivity contribution in [1.82, 2.24) is 15.7 Å². The number of hydrogen-bond donors (Lipinski definition) is 5. The lowest BCUT2D eigenvalue weighted by Crippen LogP contribution is -2.51. The Bertz CT molecular complexity index is 1210. The van der Waals surface area contributed by atoms with Gasteiger partial charge in [0.25, 0.3) is 11.8 Å². The van der Waals surface area contributed by atoms with E-state index in [2.05, 4.69) is 39.2 Å². The van der Waals surface area contributed by atoms with Crippen LogP contribution in [0.25, 0.3) is 0 Å². The Morgan fingerprint density at radius 1 is 0.921 bits per heavy atom. The van der Waals surface area contributed by atoms with Gasteiger partial charge in [-0.1, -0.05) is 25.7 Å². The molecule has 1 aliphatic heterocycles. The molecule has 2 atom stereocenters. The van der Waals surface area contributed by atoms with Crippen molar-refractivity contribution in [3.05, 3.63) is 65.2 Å². The number of likely N-dealkylation sites (tertiary alicyclic amines) is 1. The van der Waals surface area contributed by atoms with Crippen molar-refractivity contribution in [2.75, 3.05) is 25.0 Å². The second-order valence-corrected chi connectivity index (χ2v) is 8.71. The molecule has 0 radical (unpaired) electrons. The second-order valence-electron chi connectivity index (χ2n) is 8.71. The first-order valence-corrected chi connectivity index (χ1v) is 12.0. The number of nitrogens with one attached hydrogen (secondary N) is 3. The lowest BCUT2D eigenvalue weighted by atomic mass is 10.1. The fourth-order valence-corrected chi connectivity index (χ4v) is 3.77. The quantitative estimate of drug-likeness (QED) is 0.217. The van der Waals surface area contributed by atoms with Gasteiger partial charge in [0.1, 0.15) is 6.04 Å². The van der Waals surface area contributed by atoms with E-state index < -0.39 is 24.0 Å². The van der Waals surface area contributed by atoms with Crippen molar-refractivity contribution in [3.63, 3.8) is 0 Å². The molecular formula is C29H34N4O5. The molecule has 0 unspecified atom stereocenters. The van der Waals surface area contributed by atoms with Crippen molar-refractivity contribution in [1.29, 1.82) is 0 Å². The molecule has 3 amide bonds. The van der Waals surface area contributed by atoms with Crippen LogP contribution < -0.4 is 16.1 Å². The van der Waals surface area contributed by atoms with E-state index in [0.717, 1.165) is 37.2 Å². The molecule has 1 heterocycles. The van der Waals surface area contributed by atoms with Gasteiger partial charge in [-0.15, -0.1) is 0 Å². The van der Waals surface area contributed by atoms with E-state index in [-0.39, 0.29) is 18.9 Å². The molecule has 9 heteroatoms. The standard InChI is InChI=1S/C28H30N4O5.CH4/c1-20(33)26(28(36)31-37)30-27(35)23-13-9-21(10-14-23)7-3-4-8-22-11-15-24(16-12-22)29-25(34)19-32-17-5-2-6-18-32;/h9-16,20,26,33,37H,2,5-6,17-19H2,1H3,(H,29,34)(H,30,35)(H,31,36);1H4/t20-,26+;/m1./s1. The predicted molar refractivity (Wildman–Crippen MR) is 145 cm³/mol. The van der Waals surface area contributed by atoms with Crippen molar-refractivity contribution >= 4 is 23.4 Å². The lowest BCUT2D eigenvalue weighted by molar-refractivity contribution is -0.133. The molecule has 5 N–H and O–H groups in total. The zero-order valence-electron chi connectivity index (χ0n) is 20.6. The number of carbonyl (C=O) groups is 3. The maximum absolute atomic E-state index is 12.3. The molecule has 1 saturated heterocycles. The molecule has 1 fully saturated rings. The van der Waals surface area contributed by atoms with Crippen LogP contribution in [0.5, 0.6) is 0 Å². The minimum absolute atomic E-state index is 0. The van der Waals surface area contributed by atoms with Crippen LogP contribution in [0.4, 0.5) is 5.69 Å². The zero-order chi connectivity index (χ0) is 26.6. The fraction of sp³-hybridized carbons (Fsp3) is 0.345. The van der Waals surface area contributed by atoms with E-state index in [4.69, 9.17) is 5.21 Å². The maximum atomic E-state index is 12.3. The van der Waals surface area contributed by atoms with Crippen LogP contribution in [0.2, 0.25) is 0 Å². The highest BCUT2D eigenvalue weighted by atomic mass is 16.5. The topological polar surface area (TPSA) is 131 Å². The lowest BCUT2D eigenvalue weighted by Gasteiger charge is -2.25. The second kappa shape index (κ2) is 15.2. The maximum Gasteiger partial charge on any atom is 0.268 e. The number of anilines is 1. The number of benzene rings is 2. The number of amides is 3. The molecule has 1 aliphatic rings. The Kier molecular flexibility index (Phi) is 12.0. The van der Waals surface area contributed by atoms with E-state index >= 15 is 0 Å². The van der Waals surface area contributed by atoms with Crippen LogP contribution in [0.1, 0.15) is 55.1 Å². The molecule has 38 heavy (non-hydrogen) atoms. The third kappa shape index (κ3) is 9.38. The first-order valence-electron chi connectivity index (χ1n) is 12.0. The van der Waals surface area contributed by atoms with Gasteiger partial charge in [0.05, 0.1) is 12.6 Å². The summed E-state index contributed by atoms with van der Waals surface area (Å²) in [7, 11) is 0. The van der Waals surface area contributed by atoms with Crippen LogP contribution in [0.15, 0.2) is 48.5 Å². The number of aliphatic hydroxyl groups is 1. The monoisotopic (exact) mass is 518 g/mol. The van der Waals surface area contributed by atoms with Gasteiger partial charge in [0.2, 0.25) is 5.91 Å². The minimum atomic E-state index is -1.29. The largest absolute Gasteiger partial charge is 0.391 e. The summed E-state index contributed by atoms with van der Waals surface area (Å²) < 4.78 is 0. The van der Waals surface area contributed by atoms with Crippen molar-refractivity contribution in [2.45, 2.75) is 45.8 Å². The Morgan fingerprint density at radius 3 is 2.00 bits per heavy atom. The van der Waals surface area contributed by atoms with Gasteiger partial charge in [-0.25, -0.2) is 5.48 Å². The summed E-state index contributed by atoms with van der Waals surface area (Å²) in [5.74, 6) is 9.85. The highest BCUT2D eigenvalue weighted by Gasteiger charge is 2.25. The molecule has 3 rings (SSSR count). The Morgan fingerprint density at radius 2 is 1.47 bits per heavy atom. The predicted octanol–water partition coefficient (Wildman–Crippen LogP) is 2.13. The number of hydroxylamine groups is 1. The van der Waals surface area contributed by atoms with Gasteiger partial charge in [-0.3, -0.25) is 24.5 Å². The van der Waals surface area contributed by atoms with Gasteiger partial charge >= 0.3 is 0 Å². The van der Waals surface area contributed by atoms with E-state index in [1.165, 1.54) is 31.0 Å². The average Bonchev–Trinajstić information content (AvgIpc) is 2.90. The van der Waals surface area contributed by atoms with Gasteiger partial charge in [-0.05, 0) is 93.2 Å². The van der Waals surface area contributed by atoms with Crippen LogP contribution in [-0.2, 0) is 9.59 Å². The smallest absolute Gasteiger partial charge is 0.268 e. The van der Waals surface area contributed by atoms with Gasteiger partial charge in [-0.2, -0.15) is 0 Å². The van der Waals surface area contributed by atoms with Crippen LogP contribution in [-0.4, -0.2) is 64.7 Å². The number of piperidine rings is 1. The summed E-state index contributed by atoms with van der Waals surface area (Å²) in [6.45, 7) is 3.67. The number of nitrogens with zero attached hydrogens (tertiary/aromatic N) is 1. The van der Waals surface area contributed by atoms with Crippen molar-refractivity contribution in [3.8, 4) is 23.7 Å². The Labute approximate surface area is 223 Å². The van der Waals surface area contributed by atoms with E-state index in [1.807, 2.05) is 24.3 Å². The molecule has 2 aromatic rings. The number of carbonyl (C=O) groups excluding carboxylic acids is 3. The summed E-state index contributed by atoms with van der Waals surface area (Å²) in [5, 5.41) is 23.6. The van der Waals surface area contributed by atoms with Crippen molar-refractivity contribution in [2.24, 2.45) is 0 Å². The van der Waals surface area contributed by atoms with Crippen LogP contribution >= 0.6 is 0 Å². The first kappa shape index (κ1) is 30.1. The highest BCUT2D eigenvalue weighted by Crippen LogP contribution is 2.11. The number of rotatable bonds is 7. The number of aliphatic hydroxyl groups excluding tert-OH is 1. The summed E-state index contributed by atoms with van der Waals surface area (Å²) in [5.41, 5.74) is 3.79. The normalized spacial score (nSPS) is 14.2. The fourth-order valence-electron chi connectivity index (χ4n) is 3.77. The van der Waals surface area contributed by atoms with E-state index in [1.54, 1.807) is 12.1 Å². The van der Waals surface area contributed by atoms with Crippen LogP contribution in [0, 0.1) is 23.7 Å². The molecule has 200 valence electrons. The summed E-state index contributed by atoms with van der Waals surface area (Å²) in [6, 6.07) is 12.3. The SMILES string of the molecule is C.C[C@@H](O)[C@H](NC(=O)c1ccc(C#CC#Cc2ccc(NC(=O)CN3CCCCC3)cc2)cc1)C(=O)NO. The molecule has 0 bridgehead atoms. The van der Waals surface area contributed by atoms with Gasteiger partial charge < -0.3 is 15.7 Å². The van der Waals surface area contributed by atoms with Crippen LogP contribution in [0.3, 0.4) is 0 Å². The summed E-state index contributed by atoms with van der Waals surface area (Å²) >= 11 is 0. The first-order chi connectivity index (χ1) is 17.9. The molecule has 0 aliphatic carbocycles. The van der Waals surface area contributed by atoms with Gasteiger partial charge in [0, 0.05) is 22.4 Å². The molecule has 0 aromatic heterocycles. The molecule has 9 nitrogen and oxygen atoms in total. The summed E-state index contributed by atoms with van der Waals surface area (Å²) in [6.07, 6.45) is 2.32. The van der Waals surface area contributed by atoms with Gasteiger partial charge in [0.15, 0.2) is 0 Å². The zero-order valence-corrected chi connectivity index (χ0v) is 20.6.